The van der Waals surface area contributed by atoms with E-state index in [1.165, 1.54) is 0 Å². The number of amides is 1. The predicted molar refractivity (Wildman–Crippen MR) is 76.9 cm³/mol. The van der Waals surface area contributed by atoms with Gasteiger partial charge in [-0.05, 0) is 32.9 Å². The Bertz CT molecular complexity index is 564. The molecule has 1 N–H and O–H groups in total. The third kappa shape index (κ3) is 3.60. The van der Waals surface area contributed by atoms with Crippen molar-refractivity contribution in [1.82, 2.24) is 15.1 Å². The number of rotatable bonds is 5. The van der Waals surface area contributed by atoms with Crippen LogP contribution < -0.4 is 10.1 Å². The molecule has 0 aliphatic carbocycles. The standard InChI is InChI=1S/C15H19N3O2/c1-11(2)16-15(19)12(3)20-14-9-10-18(17-14)13-7-5-4-6-8-13/h4-12H,1-3H3,(H,16,19)/t12-/m0/s1. The maximum Gasteiger partial charge on any atom is 0.261 e. The number of carbonyl (C=O) groups is 1. The lowest BCUT2D eigenvalue weighted by Gasteiger charge is -2.14. The van der Waals surface area contributed by atoms with Gasteiger partial charge in [0.25, 0.3) is 5.91 Å². The van der Waals surface area contributed by atoms with E-state index >= 15 is 0 Å². The van der Waals surface area contributed by atoms with Crippen LogP contribution in [-0.4, -0.2) is 27.8 Å². The van der Waals surface area contributed by atoms with E-state index in [1.54, 1.807) is 23.9 Å². The smallest absolute Gasteiger partial charge is 0.261 e. The first-order valence-corrected chi connectivity index (χ1v) is 6.64. The number of benzene rings is 1. The molecule has 2 aromatic rings. The lowest BCUT2D eigenvalue weighted by atomic mass is 10.3. The molecular formula is C15H19N3O2. The van der Waals surface area contributed by atoms with Crippen LogP contribution >= 0.6 is 0 Å². The van der Waals surface area contributed by atoms with E-state index in [0.717, 1.165) is 5.69 Å². The number of nitrogens with one attached hydrogen (secondary N) is 1. The highest BCUT2D eigenvalue weighted by Crippen LogP contribution is 2.13. The second-order valence-electron chi connectivity index (χ2n) is 4.86. The topological polar surface area (TPSA) is 56.1 Å². The number of hydrogen-bond acceptors (Lipinski definition) is 3. The first-order chi connectivity index (χ1) is 9.56. The van der Waals surface area contributed by atoms with E-state index in [1.807, 2.05) is 44.2 Å². The monoisotopic (exact) mass is 273 g/mol. The number of aromatic nitrogens is 2. The molecule has 0 aliphatic rings. The zero-order chi connectivity index (χ0) is 14.5. The zero-order valence-electron chi connectivity index (χ0n) is 11.9. The molecule has 1 heterocycles. The van der Waals surface area contributed by atoms with Crippen molar-refractivity contribution < 1.29 is 9.53 Å². The van der Waals surface area contributed by atoms with Crippen LogP contribution in [0.15, 0.2) is 42.6 Å². The Morgan fingerprint density at radius 2 is 1.90 bits per heavy atom. The van der Waals surface area contributed by atoms with E-state index in [9.17, 15) is 4.79 Å². The highest BCUT2D eigenvalue weighted by Gasteiger charge is 2.16. The first-order valence-electron chi connectivity index (χ1n) is 6.64. The van der Waals surface area contributed by atoms with E-state index in [0.29, 0.717) is 5.88 Å². The molecule has 1 amide bonds. The minimum Gasteiger partial charge on any atom is -0.463 e. The van der Waals surface area contributed by atoms with Gasteiger partial charge in [0.2, 0.25) is 5.88 Å². The Hall–Kier alpha value is -2.30. The van der Waals surface area contributed by atoms with E-state index in [4.69, 9.17) is 4.74 Å². The largest absolute Gasteiger partial charge is 0.463 e. The second-order valence-corrected chi connectivity index (χ2v) is 4.86. The number of nitrogens with zero attached hydrogens (tertiary/aromatic N) is 2. The van der Waals surface area contributed by atoms with Gasteiger partial charge in [-0.15, -0.1) is 5.10 Å². The third-order valence-corrected chi connectivity index (χ3v) is 2.68. The van der Waals surface area contributed by atoms with Crippen molar-refractivity contribution in [2.75, 3.05) is 0 Å². The van der Waals surface area contributed by atoms with Crippen LogP contribution in [0.4, 0.5) is 0 Å². The predicted octanol–water partition coefficient (Wildman–Crippen LogP) is 2.16. The minimum absolute atomic E-state index is 0.0930. The number of carbonyl (C=O) groups excluding carboxylic acids is 1. The number of ether oxygens (including phenoxy) is 1. The summed E-state index contributed by atoms with van der Waals surface area (Å²) in [4.78, 5) is 11.8. The summed E-state index contributed by atoms with van der Waals surface area (Å²) in [7, 11) is 0. The maximum atomic E-state index is 11.8. The molecule has 0 radical (unpaired) electrons. The summed E-state index contributed by atoms with van der Waals surface area (Å²) in [5.41, 5.74) is 0.946. The Morgan fingerprint density at radius 1 is 1.20 bits per heavy atom. The van der Waals surface area contributed by atoms with E-state index in [2.05, 4.69) is 10.4 Å². The summed E-state index contributed by atoms with van der Waals surface area (Å²) in [5.74, 6) is 0.287. The summed E-state index contributed by atoms with van der Waals surface area (Å²) >= 11 is 0. The normalized spacial score (nSPS) is 12.2. The van der Waals surface area contributed by atoms with Crippen molar-refractivity contribution in [1.29, 1.82) is 0 Å². The zero-order valence-corrected chi connectivity index (χ0v) is 11.9. The fourth-order valence-electron chi connectivity index (χ4n) is 1.73. The molecule has 1 atom stereocenters. The van der Waals surface area contributed by atoms with Crippen molar-refractivity contribution in [2.45, 2.75) is 32.9 Å². The summed E-state index contributed by atoms with van der Waals surface area (Å²) in [5, 5.41) is 7.10. The van der Waals surface area contributed by atoms with Crippen LogP contribution in [-0.2, 0) is 4.79 Å². The summed E-state index contributed by atoms with van der Waals surface area (Å²) in [6.45, 7) is 5.53. The quantitative estimate of drug-likeness (QED) is 0.908. The second kappa shape index (κ2) is 6.23. The van der Waals surface area contributed by atoms with Gasteiger partial charge in [0, 0.05) is 18.3 Å². The van der Waals surface area contributed by atoms with Gasteiger partial charge in [0.05, 0.1) is 5.69 Å². The molecule has 0 aliphatic heterocycles. The third-order valence-electron chi connectivity index (χ3n) is 2.68. The van der Waals surface area contributed by atoms with Crippen LogP contribution in [0.2, 0.25) is 0 Å². The van der Waals surface area contributed by atoms with Gasteiger partial charge in [-0.3, -0.25) is 4.79 Å². The van der Waals surface area contributed by atoms with E-state index in [-0.39, 0.29) is 11.9 Å². The van der Waals surface area contributed by atoms with Crippen LogP contribution in [0.1, 0.15) is 20.8 Å². The van der Waals surface area contributed by atoms with Crippen molar-refractivity contribution in [3.8, 4) is 11.6 Å². The fraction of sp³-hybridized carbons (Fsp3) is 0.333. The Balaban J connectivity index is 2.01. The fourth-order valence-corrected chi connectivity index (χ4v) is 1.73. The Labute approximate surface area is 118 Å². The molecular weight excluding hydrogens is 254 g/mol. The van der Waals surface area contributed by atoms with Crippen LogP contribution in [0, 0.1) is 0 Å². The molecule has 0 unspecified atom stereocenters. The molecule has 0 saturated heterocycles. The number of para-hydroxylation sites is 1. The summed E-state index contributed by atoms with van der Waals surface area (Å²) in [6.07, 6.45) is 1.23. The Morgan fingerprint density at radius 3 is 2.55 bits per heavy atom. The van der Waals surface area contributed by atoms with Crippen molar-refractivity contribution in [2.24, 2.45) is 0 Å². The molecule has 1 aromatic carbocycles. The highest BCUT2D eigenvalue weighted by molar-refractivity contribution is 5.80. The van der Waals surface area contributed by atoms with Crippen LogP contribution in [0.25, 0.3) is 5.69 Å². The molecule has 0 spiro atoms. The van der Waals surface area contributed by atoms with E-state index < -0.39 is 6.10 Å². The summed E-state index contributed by atoms with van der Waals surface area (Å²) < 4.78 is 7.25. The van der Waals surface area contributed by atoms with Gasteiger partial charge < -0.3 is 10.1 Å². The molecule has 0 bridgehead atoms. The Kier molecular flexibility index (Phi) is 4.40. The average Bonchev–Trinajstić information content (AvgIpc) is 2.87. The molecule has 106 valence electrons. The lowest BCUT2D eigenvalue weighted by molar-refractivity contribution is -0.127. The van der Waals surface area contributed by atoms with Gasteiger partial charge in [-0.25, -0.2) is 4.68 Å². The number of hydrogen-bond donors (Lipinski definition) is 1. The van der Waals surface area contributed by atoms with Crippen LogP contribution in [0.5, 0.6) is 5.88 Å². The van der Waals surface area contributed by atoms with Gasteiger partial charge in [0.15, 0.2) is 6.10 Å². The molecule has 5 nitrogen and oxygen atoms in total. The van der Waals surface area contributed by atoms with Crippen molar-refractivity contribution in [3.63, 3.8) is 0 Å². The van der Waals surface area contributed by atoms with Crippen molar-refractivity contribution in [3.05, 3.63) is 42.6 Å². The molecule has 1 aromatic heterocycles. The highest BCUT2D eigenvalue weighted by atomic mass is 16.5. The molecule has 5 heteroatoms. The van der Waals surface area contributed by atoms with Gasteiger partial charge in [-0.2, -0.15) is 0 Å². The van der Waals surface area contributed by atoms with Gasteiger partial charge in [-0.1, -0.05) is 18.2 Å². The van der Waals surface area contributed by atoms with Crippen LogP contribution in [0.3, 0.4) is 0 Å². The average molecular weight is 273 g/mol. The first kappa shape index (κ1) is 14.1. The molecule has 0 saturated carbocycles. The van der Waals surface area contributed by atoms with Gasteiger partial charge in [0.1, 0.15) is 0 Å². The molecule has 0 fully saturated rings. The lowest BCUT2D eigenvalue weighted by Crippen LogP contribution is -2.40. The molecule has 2 rings (SSSR count). The summed E-state index contributed by atoms with van der Waals surface area (Å²) in [6, 6.07) is 11.6. The minimum atomic E-state index is -0.573. The molecule has 20 heavy (non-hydrogen) atoms. The SMILES string of the molecule is CC(C)NC(=O)[C@H](C)Oc1ccn(-c2ccccc2)n1. The van der Waals surface area contributed by atoms with Gasteiger partial charge >= 0.3 is 0 Å². The maximum absolute atomic E-state index is 11.8. The van der Waals surface area contributed by atoms with Crippen molar-refractivity contribution >= 4 is 5.91 Å².